The number of thioether (sulfide) groups is 1. The minimum absolute atomic E-state index is 0.0210. The van der Waals surface area contributed by atoms with Gasteiger partial charge in [-0.05, 0) is 50.7 Å². The molecule has 2 unspecified atom stereocenters. The number of anilines is 1. The summed E-state index contributed by atoms with van der Waals surface area (Å²) in [6.45, 7) is 6.92. The molecule has 3 aromatic rings. The first-order valence-corrected chi connectivity index (χ1v) is 16.9. The zero-order valence-electron chi connectivity index (χ0n) is 24.7. The molecule has 3 aliphatic rings. The zero-order valence-corrected chi connectivity index (χ0v) is 26.3. The monoisotopic (exact) mass is 623 g/mol. The Morgan fingerprint density at radius 3 is 2.63 bits per heavy atom. The second-order valence-electron chi connectivity index (χ2n) is 11.5. The van der Waals surface area contributed by atoms with Crippen LogP contribution in [0.4, 0.5) is 10.2 Å². The quantitative estimate of drug-likeness (QED) is 0.272. The number of allylic oxidation sites excluding steroid dienone is 1. The maximum absolute atomic E-state index is 14.1. The van der Waals surface area contributed by atoms with Gasteiger partial charge in [0.05, 0.1) is 24.1 Å². The summed E-state index contributed by atoms with van der Waals surface area (Å²) in [6, 6.07) is 12.3. The number of nitrogens with one attached hydrogen (secondary N) is 1. The summed E-state index contributed by atoms with van der Waals surface area (Å²) in [7, 11) is -1.62. The molecule has 2 saturated heterocycles. The highest BCUT2D eigenvalue weighted by Crippen LogP contribution is 2.45. The van der Waals surface area contributed by atoms with E-state index in [1.165, 1.54) is 23.9 Å². The van der Waals surface area contributed by atoms with E-state index in [-0.39, 0.29) is 23.9 Å². The van der Waals surface area contributed by atoms with Crippen LogP contribution in [-0.4, -0.2) is 87.7 Å². The largest absolute Gasteiger partial charge is 0.352 e. The number of imidazole rings is 1. The van der Waals surface area contributed by atoms with Crippen molar-refractivity contribution in [1.82, 2.24) is 28.6 Å². The SMILES string of the molecule is C/C=C(\S[C@@]1(Nc2ccccn2)C=CC1)S(=O)(=O)N1CCN2C(CN(C)CC2c2cncn2[C@H](C)c2ccc(F)cc2)C1. The molecule has 1 aliphatic carbocycles. The van der Waals surface area contributed by atoms with Crippen molar-refractivity contribution < 1.29 is 12.8 Å². The number of hydrogen-bond acceptors (Lipinski definition) is 8. The van der Waals surface area contributed by atoms with Crippen LogP contribution in [0.2, 0.25) is 0 Å². The van der Waals surface area contributed by atoms with E-state index in [1.807, 2.05) is 55.0 Å². The summed E-state index contributed by atoms with van der Waals surface area (Å²) < 4.78 is 45.9. The molecule has 1 aromatic carbocycles. The van der Waals surface area contributed by atoms with Gasteiger partial charge in [0, 0.05) is 57.6 Å². The summed E-state index contributed by atoms with van der Waals surface area (Å²) in [5, 5.41) is 3.43. The maximum Gasteiger partial charge on any atom is 0.248 e. The number of nitrogens with zero attached hydrogens (tertiary/aromatic N) is 6. The molecule has 1 N–H and O–H groups in total. The normalized spacial score (nSPS) is 26.1. The second kappa shape index (κ2) is 12.2. The standard InChI is InChI=1S/C31H38FN7O2S2/c1-4-30(42-31(13-7-14-31)35-29-8-5-6-15-34-29)43(40,41)37-16-17-38-26(20-37)19-36(3)21-28(38)27-18-33-22-39(27)23(2)24-9-11-25(32)12-10-24/h4-13,15,18,22-23,26,28H,14,16-17,19-21H2,1-3H3,(H,34,35)/b30-4+/t23-,26?,28?,31+/m1/s1. The number of benzene rings is 1. The van der Waals surface area contributed by atoms with E-state index in [1.54, 1.807) is 23.5 Å². The Balaban J connectivity index is 1.19. The van der Waals surface area contributed by atoms with E-state index in [2.05, 4.69) is 43.6 Å². The van der Waals surface area contributed by atoms with Crippen LogP contribution in [0.1, 0.15) is 43.6 Å². The van der Waals surface area contributed by atoms with Gasteiger partial charge >= 0.3 is 0 Å². The van der Waals surface area contributed by atoms with Gasteiger partial charge in [-0.15, -0.1) is 0 Å². The van der Waals surface area contributed by atoms with Crippen molar-refractivity contribution in [2.45, 2.75) is 43.3 Å². The van der Waals surface area contributed by atoms with Crippen molar-refractivity contribution in [3.63, 3.8) is 0 Å². The molecule has 0 radical (unpaired) electrons. The van der Waals surface area contributed by atoms with Gasteiger partial charge in [0.2, 0.25) is 10.0 Å². The van der Waals surface area contributed by atoms with E-state index in [0.717, 1.165) is 24.3 Å². The molecular weight excluding hydrogens is 586 g/mol. The van der Waals surface area contributed by atoms with E-state index in [0.29, 0.717) is 36.1 Å². The number of halogens is 1. The third-order valence-corrected chi connectivity index (χ3v) is 12.5. The van der Waals surface area contributed by atoms with E-state index >= 15 is 0 Å². The van der Waals surface area contributed by atoms with Crippen LogP contribution in [0.3, 0.4) is 0 Å². The fourth-order valence-electron chi connectivity index (χ4n) is 6.27. The van der Waals surface area contributed by atoms with Crippen LogP contribution < -0.4 is 5.32 Å². The molecule has 12 heteroatoms. The Bertz CT molecular complexity index is 1600. The van der Waals surface area contributed by atoms with Gasteiger partial charge in [-0.1, -0.05) is 48.2 Å². The number of rotatable bonds is 9. The topological polar surface area (TPSA) is 86.6 Å². The number of aromatic nitrogens is 3. The fourth-order valence-corrected chi connectivity index (χ4v) is 9.68. The number of hydrogen-bond donors (Lipinski definition) is 1. The van der Waals surface area contributed by atoms with Crippen LogP contribution in [-0.2, 0) is 10.0 Å². The molecular formula is C31H38FN7O2S2. The molecule has 4 heterocycles. The summed E-state index contributed by atoms with van der Waals surface area (Å²) in [6.07, 6.45) is 12.0. The van der Waals surface area contributed by atoms with Gasteiger partial charge in [0.25, 0.3) is 0 Å². The molecule has 4 atom stereocenters. The average molecular weight is 624 g/mol. The Hall–Kier alpha value is -3.03. The van der Waals surface area contributed by atoms with Crippen LogP contribution in [0.15, 0.2) is 83.7 Å². The Morgan fingerprint density at radius 1 is 1.16 bits per heavy atom. The van der Waals surface area contributed by atoms with Crippen molar-refractivity contribution in [2.24, 2.45) is 0 Å². The van der Waals surface area contributed by atoms with Gasteiger partial charge in [-0.2, -0.15) is 4.31 Å². The number of pyridine rings is 1. The molecule has 2 aromatic heterocycles. The van der Waals surface area contributed by atoms with Gasteiger partial charge in [-0.25, -0.2) is 22.8 Å². The first kappa shape index (κ1) is 30.0. The lowest BCUT2D eigenvalue weighted by Gasteiger charge is -2.50. The molecule has 0 bridgehead atoms. The third kappa shape index (κ3) is 6.03. The van der Waals surface area contributed by atoms with Crippen LogP contribution >= 0.6 is 11.8 Å². The van der Waals surface area contributed by atoms with E-state index in [4.69, 9.17) is 0 Å². The Labute approximate surface area is 257 Å². The van der Waals surface area contributed by atoms with Gasteiger partial charge in [0.1, 0.15) is 20.7 Å². The Morgan fingerprint density at radius 2 is 1.95 bits per heavy atom. The highest BCUT2D eigenvalue weighted by Gasteiger charge is 2.44. The summed E-state index contributed by atoms with van der Waals surface area (Å²) in [5.74, 6) is 0.458. The number of likely N-dealkylation sites (N-methyl/N-ethyl adjacent to an activating group) is 1. The van der Waals surface area contributed by atoms with Crippen molar-refractivity contribution in [3.05, 3.63) is 101 Å². The lowest BCUT2D eigenvalue weighted by atomic mass is 10.0. The fraction of sp³-hybridized carbons (Fsp3) is 0.419. The van der Waals surface area contributed by atoms with Crippen LogP contribution in [0.25, 0.3) is 0 Å². The highest BCUT2D eigenvalue weighted by molar-refractivity contribution is 8.18. The minimum Gasteiger partial charge on any atom is -0.352 e. The molecule has 0 saturated carbocycles. The molecule has 0 amide bonds. The number of fused-ring (bicyclic) bond motifs is 1. The molecule has 9 nitrogen and oxygen atoms in total. The zero-order chi connectivity index (χ0) is 30.2. The maximum atomic E-state index is 14.1. The predicted molar refractivity (Wildman–Crippen MR) is 169 cm³/mol. The molecule has 43 heavy (non-hydrogen) atoms. The van der Waals surface area contributed by atoms with Gasteiger partial charge in [0.15, 0.2) is 0 Å². The molecule has 0 spiro atoms. The molecule has 2 fully saturated rings. The summed E-state index contributed by atoms with van der Waals surface area (Å²) >= 11 is 1.34. The van der Waals surface area contributed by atoms with Gasteiger partial charge in [-0.3, -0.25) is 4.90 Å². The second-order valence-corrected chi connectivity index (χ2v) is 15.0. The lowest BCUT2D eigenvalue weighted by molar-refractivity contribution is -0.00295. The number of sulfonamides is 1. The molecule has 6 rings (SSSR count). The van der Waals surface area contributed by atoms with Crippen molar-refractivity contribution in [3.8, 4) is 0 Å². The van der Waals surface area contributed by atoms with E-state index < -0.39 is 14.9 Å². The van der Waals surface area contributed by atoms with Crippen LogP contribution in [0, 0.1) is 5.82 Å². The van der Waals surface area contributed by atoms with Gasteiger partial charge < -0.3 is 14.8 Å². The van der Waals surface area contributed by atoms with Crippen LogP contribution in [0.5, 0.6) is 0 Å². The lowest BCUT2D eigenvalue weighted by Crippen LogP contribution is -2.63. The Kier molecular flexibility index (Phi) is 8.49. The average Bonchev–Trinajstić information content (AvgIpc) is 3.48. The minimum atomic E-state index is -3.71. The highest BCUT2D eigenvalue weighted by atomic mass is 32.3. The van der Waals surface area contributed by atoms with Crippen molar-refractivity contribution in [1.29, 1.82) is 0 Å². The molecule has 2 aliphatic heterocycles. The summed E-state index contributed by atoms with van der Waals surface area (Å²) in [4.78, 5) is 13.0. The van der Waals surface area contributed by atoms with Crippen molar-refractivity contribution in [2.75, 3.05) is 45.1 Å². The predicted octanol–water partition coefficient (Wildman–Crippen LogP) is 4.69. The smallest absolute Gasteiger partial charge is 0.248 e. The first-order chi connectivity index (χ1) is 20.7. The molecule has 228 valence electrons. The van der Waals surface area contributed by atoms with E-state index in [9.17, 15) is 12.8 Å². The summed E-state index contributed by atoms with van der Waals surface area (Å²) in [5.41, 5.74) is 2.08. The first-order valence-electron chi connectivity index (χ1n) is 14.6. The van der Waals surface area contributed by atoms with Crippen molar-refractivity contribution >= 4 is 27.6 Å². The third-order valence-electron chi connectivity index (χ3n) is 8.63. The number of piperazine rings is 2.